The molecule has 0 aromatic carbocycles. The van der Waals surface area contributed by atoms with E-state index in [4.69, 9.17) is 17.0 Å². The van der Waals surface area contributed by atoms with Crippen molar-refractivity contribution < 1.29 is 4.74 Å². The molecule has 15 heavy (non-hydrogen) atoms. The molecule has 0 aliphatic heterocycles. The third kappa shape index (κ3) is 3.32. The van der Waals surface area contributed by atoms with Crippen molar-refractivity contribution >= 4 is 18.2 Å². The van der Waals surface area contributed by atoms with Crippen LogP contribution < -0.4 is 4.90 Å². The van der Waals surface area contributed by atoms with E-state index in [1.165, 1.54) is 0 Å². The van der Waals surface area contributed by atoms with Crippen molar-refractivity contribution in [2.24, 2.45) is 7.05 Å². The lowest BCUT2D eigenvalue weighted by Crippen LogP contribution is -2.26. The molecule has 1 aromatic heterocycles. The predicted molar refractivity (Wildman–Crippen MR) is 62.8 cm³/mol. The number of H-pyrrole nitrogens is 1. The Hall–Kier alpha value is -0.880. The predicted octanol–water partition coefficient (Wildman–Crippen LogP) is 1.34. The fourth-order valence-corrected chi connectivity index (χ4v) is 1.33. The van der Waals surface area contributed by atoms with E-state index in [2.05, 4.69) is 10.2 Å². The van der Waals surface area contributed by atoms with Gasteiger partial charge in [0.2, 0.25) is 5.95 Å². The molecule has 0 bridgehead atoms. The highest BCUT2D eigenvalue weighted by atomic mass is 32.1. The molecule has 1 N–H and O–H groups in total. The maximum Gasteiger partial charge on any atom is 0.225 e. The molecule has 0 fully saturated rings. The van der Waals surface area contributed by atoms with Crippen molar-refractivity contribution in [2.75, 3.05) is 25.1 Å². The molecule has 1 heterocycles. The van der Waals surface area contributed by atoms with E-state index in [0.717, 1.165) is 12.5 Å². The Morgan fingerprint density at radius 3 is 2.73 bits per heavy atom. The lowest BCUT2D eigenvalue weighted by atomic mass is 10.5. The summed E-state index contributed by atoms with van der Waals surface area (Å²) in [5.41, 5.74) is 0. The number of likely N-dealkylation sites (N-methyl/N-ethyl adjacent to an activating group) is 1. The summed E-state index contributed by atoms with van der Waals surface area (Å²) in [7, 11) is 3.86. The highest BCUT2D eigenvalue weighted by Crippen LogP contribution is 2.06. The molecule has 0 radical (unpaired) electrons. The summed E-state index contributed by atoms with van der Waals surface area (Å²) in [4.78, 5) is 2.01. The van der Waals surface area contributed by atoms with Crippen molar-refractivity contribution in [2.45, 2.75) is 20.0 Å². The van der Waals surface area contributed by atoms with Gasteiger partial charge in [0.05, 0.1) is 12.7 Å². The van der Waals surface area contributed by atoms with Crippen LogP contribution in [-0.2, 0) is 11.8 Å². The van der Waals surface area contributed by atoms with Gasteiger partial charge in [-0.25, -0.2) is 5.10 Å². The Kier molecular flexibility index (Phi) is 4.28. The topological polar surface area (TPSA) is 46.1 Å². The number of anilines is 1. The zero-order valence-electron chi connectivity index (χ0n) is 9.65. The standard InChI is InChI=1S/C9H18N4OS/c1-7(2)14-6-5-12(3)8-10-11-9(15)13(8)4/h7H,5-6H2,1-4H3,(H,11,15). The third-order valence-corrected chi connectivity index (χ3v) is 2.44. The number of rotatable bonds is 5. The first-order valence-electron chi connectivity index (χ1n) is 4.96. The van der Waals surface area contributed by atoms with Crippen LogP contribution in [-0.4, -0.2) is 41.1 Å². The van der Waals surface area contributed by atoms with Gasteiger partial charge in [-0.15, -0.1) is 5.10 Å². The Morgan fingerprint density at radius 2 is 2.27 bits per heavy atom. The van der Waals surface area contributed by atoms with Gasteiger partial charge >= 0.3 is 0 Å². The van der Waals surface area contributed by atoms with Crippen molar-refractivity contribution in [1.82, 2.24) is 14.8 Å². The second-order valence-electron chi connectivity index (χ2n) is 3.73. The fraction of sp³-hybridized carbons (Fsp3) is 0.778. The lowest BCUT2D eigenvalue weighted by Gasteiger charge is -2.18. The molecule has 1 rings (SSSR count). The number of ether oxygens (including phenoxy) is 1. The summed E-state index contributed by atoms with van der Waals surface area (Å²) in [6.45, 7) is 5.53. The largest absolute Gasteiger partial charge is 0.377 e. The zero-order valence-corrected chi connectivity index (χ0v) is 10.5. The molecule has 1 aromatic rings. The van der Waals surface area contributed by atoms with Crippen molar-refractivity contribution in [3.8, 4) is 0 Å². The SMILES string of the molecule is CC(C)OCCN(C)c1n[nH]c(=S)n1C. The van der Waals surface area contributed by atoms with E-state index >= 15 is 0 Å². The van der Waals surface area contributed by atoms with Gasteiger partial charge in [-0.3, -0.25) is 4.57 Å². The van der Waals surface area contributed by atoms with E-state index in [1.807, 2.05) is 37.4 Å². The second kappa shape index (κ2) is 5.27. The number of hydrogen-bond acceptors (Lipinski definition) is 4. The summed E-state index contributed by atoms with van der Waals surface area (Å²) >= 11 is 5.03. The van der Waals surface area contributed by atoms with Gasteiger partial charge < -0.3 is 9.64 Å². The van der Waals surface area contributed by atoms with Gasteiger partial charge in [0.1, 0.15) is 0 Å². The zero-order chi connectivity index (χ0) is 11.4. The summed E-state index contributed by atoms with van der Waals surface area (Å²) in [5.74, 6) is 0.826. The van der Waals surface area contributed by atoms with Gasteiger partial charge in [-0.05, 0) is 26.1 Å². The average Bonchev–Trinajstić information content (AvgIpc) is 2.47. The Morgan fingerprint density at radius 1 is 1.60 bits per heavy atom. The van der Waals surface area contributed by atoms with Crippen LogP contribution in [0.1, 0.15) is 13.8 Å². The van der Waals surface area contributed by atoms with Crippen LogP contribution in [0.15, 0.2) is 0 Å². The lowest BCUT2D eigenvalue weighted by molar-refractivity contribution is 0.0844. The van der Waals surface area contributed by atoms with Crippen LogP contribution >= 0.6 is 12.2 Å². The summed E-state index contributed by atoms with van der Waals surface area (Å²) in [6.07, 6.45) is 0.265. The first kappa shape index (κ1) is 12.2. The molecule has 0 saturated carbocycles. The first-order valence-corrected chi connectivity index (χ1v) is 5.37. The molecule has 0 atom stereocenters. The van der Waals surface area contributed by atoms with E-state index in [1.54, 1.807) is 0 Å². The molecule has 6 heteroatoms. The summed E-state index contributed by atoms with van der Waals surface area (Å²) < 4.78 is 7.93. The molecule has 0 aliphatic carbocycles. The minimum absolute atomic E-state index is 0.265. The number of nitrogens with one attached hydrogen (secondary N) is 1. The third-order valence-electron chi connectivity index (χ3n) is 2.08. The van der Waals surface area contributed by atoms with Crippen LogP contribution in [0.4, 0.5) is 5.95 Å². The van der Waals surface area contributed by atoms with Gasteiger partial charge in [0.25, 0.3) is 0 Å². The Balaban J connectivity index is 2.50. The maximum absolute atomic E-state index is 5.47. The normalized spacial score (nSPS) is 11.0. The van der Waals surface area contributed by atoms with E-state index in [-0.39, 0.29) is 6.10 Å². The summed E-state index contributed by atoms with van der Waals surface area (Å²) in [6, 6.07) is 0. The number of hydrogen-bond donors (Lipinski definition) is 1. The van der Waals surface area contributed by atoms with Crippen LogP contribution in [0, 0.1) is 4.77 Å². The number of aromatic nitrogens is 3. The average molecular weight is 230 g/mol. The molecular formula is C9H18N4OS. The fourth-order valence-electron chi connectivity index (χ4n) is 1.21. The monoisotopic (exact) mass is 230 g/mol. The molecule has 5 nitrogen and oxygen atoms in total. The first-order chi connectivity index (χ1) is 7.02. The van der Waals surface area contributed by atoms with Gasteiger partial charge in [0, 0.05) is 20.6 Å². The van der Waals surface area contributed by atoms with Crippen LogP contribution in [0.2, 0.25) is 0 Å². The molecular weight excluding hydrogens is 212 g/mol. The van der Waals surface area contributed by atoms with Gasteiger partial charge in [-0.1, -0.05) is 0 Å². The number of nitrogens with zero attached hydrogens (tertiary/aromatic N) is 3. The molecule has 0 aliphatic rings. The van der Waals surface area contributed by atoms with Gasteiger partial charge in [-0.2, -0.15) is 0 Å². The van der Waals surface area contributed by atoms with E-state index in [0.29, 0.717) is 11.4 Å². The van der Waals surface area contributed by atoms with E-state index < -0.39 is 0 Å². The molecule has 86 valence electrons. The van der Waals surface area contributed by atoms with Crippen molar-refractivity contribution in [3.63, 3.8) is 0 Å². The minimum atomic E-state index is 0.265. The quantitative estimate of drug-likeness (QED) is 0.775. The molecule has 0 saturated heterocycles. The molecule has 0 amide bonds. The van der Waals surface area contributed by atoms with Crippen LogP contribution in [0.5, 0.6) is 0 Å². The van der Waals surface area contributed by atoms with E-state index in [9.17, 15) is 0 Å². The smallest absolute Gasteiger partial charge is 0.225 e. The minimum Gasteiger partial charge on any atom is -0.377 e. The van der Waals surface area contributed by atoms with Gasteiger partial charge in [0.15, 0.2) is 4.77 Å². The maximum atomic E-state index is 5.47. The summed E-state index contributed by atoms with van der Waals surface area (Å²) in [5, 5.41) is 6.88. The molecule has 0 unspecified atom stereocenters. The Labute approximate surface area is 95.0 Å². The number of aromatic amines is 1. The van der Waals surface area contributed by atoms with Crippen molar-refractivity contribution in [3.05, 3.63) is 4.77 Å². The van der Waals surface area contributed by atoms with Crippen molar-refractivity contribution in [1.29, 1.82) is 0 Å². The molecule has 0 spiro atoms. The van der Waals surface area contributed by atoms with Crippen LogP contribution in [0.3, 0.4) is 0 Å². The second-order valence-corrected chi connectivity index (χ2v) is 4.12. The highest BCUT2D eigenvalue weighted by Gasteiger charge is 2.07. The van der Waals surface area contributed by atoms with Crippen LogP contribution in [0.25, 0.3) is 0 Å². The Bertz CT molecular complexity index is 357. The highest BCUT2D eigenvalue weighted by molar-refractivity contribution is 7.71.